The van der Waals surface area contributed by atoms with E-state index in [1.54, 1.807) is 0 Å². The van der Waals surface area contributed by atoms with Crippen molar-refractivity contribution in [2.24, 2.45) is 22.3 Å². The first kappa shape index (κ1) is 12.9. The summed E-state index contributed by atoms with van der Waals surface area (Å²) in [5.74, 6) is -0.0197. The van der Waals surface area contributed by atoms with Crippen LogP contribution >= 0.6 is 0 Å². The molecule has 1 rings (SSSR count). The Morgan fingerprint density at radius 2 is 1.72 bits per heavy atom. The van der Waals surface area contributed by atoms with Crippen molar-refractivity contribution >= 4 is 23.9 Å². The Kier molecular flexibility index (Phi) is 3.75. The van der Waals surface area contributed by atoms with Crippen LogP contribution < -0.4 is 38.7 Å². The zero-order valence-corrected chi connectivity index (χ0v) is 8.93. The highest BCUT2D eigenvalue weighted by Crippen LogP contribution is 1.96. The predicted molar refractivity (Wildman–Crippen MR) is 58.6 cm³/mol. The van der Waals surface area contributed by atoms with Crippen molar-refractivity contribution in [2.75, 3.05) is 0 Å². The molecular formula is C6H11N9O3. The lowest BCUT2D eigenvalue weighted by atomic mass is 10.4. The zero-order chi connectivity index (χ0) is 13.7. The maximum absolute atomic E-state index is 10.7. The van der Waals surface area contributed by atoms with Crippen LogP contribution in [-0.2, 0) is 0 Å². The fraction of sp³-hybridized carbons (Fsp3) is 0. The topological polar surface area (TPSA) is 193 Å². The van der Waals surface area contributed by atoms with Crippen molar-refractivity contribution in [1.82, 2.24) is 26.7 Å². The molecule has 12 heteroatoms. The lowest BCUT2D eigenvalue weighted by molar-refractivity contribution is 0.142. The first-order chi connectivity index (χ1) is 8.36. The highest BCUT2D eigenvalue weighted by Gasteiger charge is 2.15. The summed E-state index contributed by atoms with van der Waals surface area (Å²) < 4.78 is 0. The van der Waals surface area contributed by atoms with Crippen molar-refractivity contribution in [3.63, 3.8) is 0 Å². The summed E-state index contributed by atoms with van der Waals surface area (Å²) in [7, 11) is 0. The molecule has 0 saturated heterocycles. The van der Waals surface area contributed by atoms with E-state index < -0.39 is 18.1 Å². The first-order valence-corrected chi connectivity index (χ1v) is 4.43. The van der Waals surface area contributed by atoms with Gasteiger partial charge in [-0.15, -0.1) is 10.3 Å². The Labute approximate surface area is 100 Å². The number of amides is 6. The van der Waals surface area contributed by atoms with Crippen molar-refractivity contribution in [1.29, 1.82) is 0 Å². The fourth-order valence-corrected chi connectivity index (χ4v) is 0.986. The second kappa shape index (κ2) is 5.24. The van der Waals surface area contributed by atoms with E-state index in [9.17, 15) is 14.4 Å². The van der Waals surface area contributed by atoms with Gasteiger partial charge in [-0.2, -0.15) is 0 Å². The number of hydrazone groups is 1. The van der Waals surface area contributed by atoms with Crippen LogP contribution in [-0.4, -0.2) is 29.2 Å². The molecule has 0 aromatic carbocycles. The normalized spacial score (nSPS) is 13.7. The molecule has 1 heterocycles. The van der Waals surface area contributed by atoms with E-state index in [4.69, 9.17) is 17.2 Å². The molecule has 0 unspecified atom stereocenters. The number of hydrogen-bond acceptors (Lipinski definition) is 6. The molecule has 0 bridgehead atoms. The Morgan fingerprint density at radius 1 is 1.11 bits per heavy atom. The molecule has 98 valence electrons. The highest BCUT2D eigenvalue weighted by atomic mass is 16.2. The van der Waals surface area contributed by atoms with E-state index >= 15 is 0 Å². The van der Waals surface area contributed by atoms with Gasteiger partial charge in [0.25, 0.3) is 0 Å². The van der Waals surface area contributed by atoms with Crippen molar-refractivity contribution in [2.45, 2.75) is 0 Å². The van der Waals surface area contributed by atoms with Crippen LogP contribution in [0.15, 0.2) is 17.0 Å². The first-order valence-electron chi connectivity index (χ1n) is 4.43. The van der Waals surface area contributed by atoms with Gasteiger partial charge in [0.05, 0.1) is 0 Å². The molecule has 0 aromatic heterocycles. The number of urea groups is 3. The van der Waals surface area contributed by atoms with Crippen molar-refractivity contribution in [3.8, 4) is 0 Å². The van der Waals surface area contributed by atoms with Crippen LogP contribution in [0.1, 0.15) is 0 Å². The average Bonchev–Trinajstić information content (AvgIpc) is 2.12. The molecule has 1 aliphatic rings. The smallest absolute Gasteiger partial charge is 0.333 e. The summed E-state index contributed by atoms with van der Waals surface area (Å²) in [5, 5.41) is 8.72. The summed E-state index contributed by atoms with van der Waals surface area (Å²) in [6.07, 6.45) is 1.22. The molecule has 12 nitrogen and oxygen atoms in total. The molecule has 0 saturated carbocycles. The Balaban J connectivity index is 2.84. The maximum atomic E-state index is 10.7. The lowest BCUT2D eigenvalue weighted by Crippen LogP contribution is -2.55. The molecule has 18 heavy (non-hydrogen) atoms. The molecule has 0 atom stereocenters. The Bertz CT molecular complexity index is 442. The van der Waals surface area contributed by atoms with Crippen molar-refractivity contribution in [3.05, 3.63) is 11.9 Å². The largest absolute Gasteiger partial charge is 0.351 e. The van der Waals surface area contributed by atoms with Crippen LogP contribution in [0.5, 0.6) is 0 Å². The number of nitrogens with one attached hydrogen (secondary N) is 4. The SMILES string of the molecule is NC(=O)NC1=CC(NC(N)=O)=NN(NC(N)=O)N1. The molecule has 6 amide bonds. The third-order valence-corrected chi connectivity index (χ3v) is 1.44. The van der Waals surface area contributed by atoms with E-state index in [0.717, 1.165) is 5.23 Å². The quantitative estimate of drug-likeness (QED) is 0.274. The predicted octanol–water partition coefficient (Wildman–Crippen LogP) is -3.12. The minimum atomic E-state index is -0.926. The van der Waals surface area contributed by atoms with Gasteiger partial charge in [0.15, 0.2) is 5.84 Å². The minimum Gasteiger partial charge on any atom is -0.351 e. The summed E-state index contributed by atoms with van der Waals surface area (Å²) in [6.45, 7) is 0. The number of carbonyl (C=O) groups is 3. The van der Waals surface area contributed by atoms with Gasteiger partial charge in [0, 0.05) is 6.08 Å². The fourth-order valence-electron chi connectivity index (χ4n) is 0.986. The second-order valence-electron chi connectivity index (χ2n) is 2.92. The average molecular weight is 257 g/mol. The van der Waals surface area contributed by atoms with Gasteiger partial charge in [-0.3, -0.25) is 10.6 Å². The standard InChI is InChI=1S/C6H11N9O3/c7-4(16)10-2-1-3(11-5(8)17)13-15(12-2)14-6(9)18/h1,12H,(H3,7,10,16)(H3,9,14,18)(H3,8,11,13,17). The molecule has 0 aromatic rings. The highest BCUT2D eigenvalue weighted by molar-refractivity contribution is 6.04. The van der Waals surface area contributed by atoms with Crippen LogP contribution in [0.2, 0.25) is 0 Å². The molecule has 0 fully saturated rings. The number of nitrogens with zero attached hydrogens (tertiary/aromatic N) is 2. The number of carbonyl (C=O) groups excluding carboxylic acids is 3. The number of nitrogens with two attached hydrogens (primary N) is 3. The molecule has 0 aliphatic carbocycles. The van der Waals surface area contributed by atoms with Crippen LogP contribution in [0, 0.1) is 0 Å². The van der Waals surface area contributed by atoms with Gasteiger partial charge in [-0.1, -0.05) is 0 Å². The summed E-state index contributed by atoms with van der Waals surface area (Å²) in [4.78, 5) is 32.0. The van der Waals surface area contributed by atoms with Gasteiger partial charge in [0.2, 0.25) is 0 Å². The van der Waals surface area contributed by atoms with Gasteiger partial charge in [0.1, 0.15) is 5.82 Å². The third kappa shape index (κ3) is 4.13. The molecular weight excluding hydrogens is 246 g/mol. The maximum Gasteiger partial charge on any atom is 0.333 e. The van der Waals surface area contributed by atoms with Gasteiger partial charge < -0.3 is 17.2 Å². The van der Waals surface area contributed by atoms with E-state index in [1.165, 1.54) is 6.08 Å². The van der Waals surface area contributed by atoms with E-state index in [2.05, 4.69) is 21.2 Å². The van der Waals surface area contributed by atoms with Gasteiger partial charge >= 0.3 is 18.1 Å². The van der Waals surface area contributed by atoms with Crippen LogP contribution in [0.4, 0.5) is 14.4 Å². The second-order valence-corrected chi connectivity index (χ2v) is 2.92. The van der Waals surface area contributed by atoms with E-state index in [1.807, 2.05) is 5.43 Å². The van der Waals surface area contributed by atoms with Gasteiger partial charge in [-0.25, -0.2) is 25.2 Å². The van der Waals surface area contributed by atoms with Crippen molar-refractivity contribution < 1.29 is 14.4 Å². The molecule has 0 radical (unpaired) electrons. The molecule has 10 N–H and O–H groups in total. The number of amidine groups is 1. The Morgan fingerprint density at radius 3 is 2.22 bits per heavy atom. The summed E-state index contributed by atoms with van der Waals surface area (Å²) in [5.41, 5.74) is 19.1. The van der Waals surface area contributed by atoms with E-state index in [-0.39, 0.29) is 11.7 Å². The summed E-state index contributed by atoms with van der Waals surface area (Å²) in [6, 6.07) is -2.68. The Hall–Kier alpha value is -3.18. The third-order valence-electron chi connectivity index (χ3n) is 1.44. The number of rotatable bonds is 2. The zero-order valence-electron chi connectivity index (χ0n) is 8.93. The number of primary amides is 3. The number of hydrazine groups is 2. The monoisotopic (exact) mass is 257 g/mol. The molecule has 0 spiro atoms. The van der Waals surface area contributed by atoms with Crippen LogP contribution in [0.25, 0.3) is 0 Å². The number of hydrogen-bond donors (Lipinski definition) is 7. The van der Waals surface area contributed by atoms with Gasteiger partial charge in [-0.05, 0) is 0 Å². The van der Waals surface area contributed by atoms with E-state index in [0.29, 0.717) is 0 Å². The minimum absolute atomic E-state index is 0.0370. The molecule has 1 aliphatic heterocycles. The van der Waals surface area contributed by atoms with Crippen LogP contribution in [0.3, 0.4) is 0 Å². The lowest BCUT2D eigenvalue weighted by Gasteiger charge is -2.25. The summed E-state index contributed by atoms with van der Waals surface area (Å²) >= 11 is 0.